The summed E-state index contributed by atoms with van der Waals surface area (Å²) in [5.41, 5.74) is 6.92. The Kier molecular flexibility index (Phi) is 3.92. The normalized spacial score (nSPS) is 16.3. The summed E-state index contributed by atoms with van der Waals surface area (Å²) in [4.78, 5) is 12.0. The Morgan fingerprint density at radius 1 is 1.50 bits per heavy atom. The van der Waals surface area contributed by atoms with Crippen molar-refractivity contribution in [1.82, 2.24) is 5.32 Å². The summed E-state index contributed by atoms with van der Waals surface area (Å²) >= 11 is 3.34. The summed E-state index contributed by atoms with van der Waals surface area (Å²) in [5, 5.41) is 11.9. The van der Waals surface area contributed by atoms with Gasteiger partial charge in [-0.15, -0.1) is 0 Å². The van der Waals surface area contributed by atoms with Gasteiger partial charge in [0.1, 0.15) is 0 Å². The molecule has 98 valence electrons. The Labute approximate surface area is 115 Å². The summed E-state index contributed by atoms with van der Waals surface area (Å²) in [7, 11) is 0. The minimum Gasteiger partial charge on any atom is -0.399 e. The Balaban J connectivity index is 1.98. The number of anilines is 1. The zero-order valence-corrected chi connectivity index (χ0v) is 11.7. The standard InChI is InChI=1S/C13H17BrN2O2/c14-11-2-1-9(15)7-10(11)12(18)16-8-13(3-4-13)5-6-17/h1-2,7,17H,3-6,8,15H2,(H,16,18). The van der Waals surface area contributed by atoms with Crippen molar-refractivity contribution in [2.45, 2.75) is 19.3 Å². The van der Waals surface area contributed by atoms with E-state index >= 15 is 0 Å². The van der Waals surface area contributed by atoms with E-state index in [1.165, 1.54) is 0 Å². The number of aliphatic hydroxyl groups is 1. The number of benzene rings is 1. The van der Waals surface area contributed by atoms with Gasteiger partial charge < -0.3 is 16.2 Å². The minimum atomic E-state index is -0.126. The van der Waals surface area contributed by atoms with Crippen LogP contribution >= 0.6 is 15.9 Å². The highest BCUT2D eigenvalue weighted by atomic mass is 79.9. The van der Waals surface area contributed by atoms with Crippen LogP contribution in [0.3, 0.4) is 0 Å². The molecular formula is C13H17BrN2O2. The molecule has 18 heavy (non-hydrogen) atoms. The van der Waals surface area contributed by atoms with E-state index in [4.69, 9.17) is 10.8 Å². The molecule has 0 saturated heterocycles. The molecule has 4 nitrogen and oxygen atoms in total. The van der Waals surface area contributed by atoms with E-state index in [0.717, 1.165) is 23.7 Å². The predicted molar refractivity (Wildman–Crippen MR) is 74.3 cm³/mol. The number of carbonyl (C=O) groups excluding carboxylic acids is 1. The van der Waals surface area contributed by atoms with Gasteiger partial charge in [-0.05, 0) is 58.8 Å². The molecule has 2 rings (SSSR count). The molecule has 0 atom stereocenters. The number of amides is 1. The molecule has 1 aromatic rings. The van der Waals surface area contributed by atoms with Gasteiger partial charge in [-0.25, -0.2) is 0 Å². The highest BCUT2D eigenvalue weighted by Crippen LogP contribution is 2.47. The molecule has 0 bridgehead atoms. The summed E-state index contributed by atoms with van der Waals surface area (Å²) < 4.78 is 0.737. The van der Waals surface area contributed by atoms with Crippen molar-refractivity contribution in [3.05, 3.63) is 28.2 Å². The smallest absolute Gasteiger partial charge is 0.252 e. The van der Waals surface area contributed by atoms with Gasteiger partial charge >= 0.3 is 0 Å². The van der Waals surface area contributed by atoms with Crippen molar-refractivity contribution in [3.63, 3.8) is 0 Å². The number of hydrogen-bond acceptors (Lipinski definition) is 3. The second-order valence-electron chi connectivity index (χ2n) is 4.90. The second-order valence-corrected chi connectivity index (χ2v) is 5.75. The van der Waals surface area contributed by atoms with Crippen LogP contribution in [0.5, 0.6) is 0 Å². The number of hydrogen-bond donors (Lipinski definition) is 3. The van der Waals surface area contributed by atoms with Crippen molar-refractivity contribution in [2.24, 2.45) is 5.41 Å². The molecule has 0 unspecified atom stereocenters. The topological polar surface area (TPSA) is 75.4 Å². The van der Waals surface area contributed by atoms with Crippen molar-refractivity contribution in [1.29, 1.82) is 0 Å². The van der Waals surface area contributed by atoms with Crippen LogP contribution in [0.2, 0.25) is 0 Å². The molecule has 0 spiro atoms. The Morgan fingerprint density at radius 2 is 2.22 bits per heavy atom. The third-order valence-corrected chi connectivity index (χ3v) is 4.15. The minimum absolute atomic E-state index is 0.122. The SMILES string of the molecule is Nc1ccc(Br)c(C(=O)NCC2(CCO)CC2)c1. The summed E-state index contributed by atoms with van der Waals surface area (Å²) in [6.07, 6.45) is 2.91. The van der Waals surface area contributed by atoms with Gasteiger partial charge in [0, 0.05) is 23.3 Å². The molecule has 0 heterocycles. The van der Waals surface area contributed by atoms with Gasteiger partial charge in [0.15, 0.2) is 0 Å². The number of carbonyl (C=O) groups is 1. The van der Waals surface area contributed by atoms with E-state index in [1.54, 1.807) is 18.2 Å². The van der Waals surface area contributed by atoms with E-state index in [-0.39, 0.29) is 17.9 Å². The number of nitrogens with one attached hydrogen (secondary N) is 1. The third-order valence-electron chi connectivity index (χ3n) is 3.46. The van der Waals surface area contributed by atoms with E-state index < -0.39 is 0 Å². The highest BCUT2D eigenvalue weighted by Gasteiger charge is 2.41. The van der Waals surface area contributed by atoms with Gasteiger partial charge in [0.2, 0.25) is 0 Å². The first-order valence-corrected chi connectivity index (χ1v) is 6.80. The number of aliphatic hydroxyl groups excluding tert-OH is 1. The fourth-order valence-electron chi connectivity index (χ4n) is 2.01. The van der Waals surface area contributed by atoms with Crippen LogP contribution in [-0.4, -0.2) is 24.2 Å². The lowest BCUT2D eigenvalue weighted by atomic mass is 10.0. The second kappa shape index (κ2) is 5.28. The molecule has 1 saturated carbocycles. The first kappa shape index (κ1) is 13.4. The molecule has 1 amide bonds. The van der Waals surface area contributed by atoms with E-state index in [9.17, 15) is 4.79 Å². The molecule has 0 radical (unpaired) electrons. The molecule has 1 aromatic carbocycles. The number of rotatable bonds is 5. The van der Waals surface area contributed by atoms with Crippen molar-refractivity contribution in [2.75, 3.05) is 18.9 Å². The van der Waals surface area contributed by atoms with Gasteiger partial charge in [0.25, 0.3) is 5.91 Å². The van der Waals surface area contributed by atoms with Crippen molar-refractivity contribution < 1.29 is 9.90 Å². The zero-order valence-electron chi connectivity index (χ0n) is 10.1. The number of nitrogen functional groups attached to an aromatic ring is 1. The van der Waals surface area contributed by atoms with E-state index in [0.29, 0.717) is 17.8 Å². The first-order valence-electron chi connectivity index (χ1n) is 6.00. The average molecular weight is 313 g/mol. The predicted octanol–water partition coefficient (Wildman–Crippen LogP) is 1.92. The van der Waals surface area contributed by atoms with E-state index in [2.05, 4.69) is 21.2 Å². The maximum absolute atomic E-state index is 12.0. The van der Waals surface area contributed by atoms with Crippen LogP contribution < -0.4 is 11.1 Å². The fourth-order valence-corrected chi connectivity index (χ4v) is 2.44. The molecule has 0 aliphatic heterocycles. The van der Waals surface area contributed by atoms with Crippen LogP contribution in [0.25, 0.3) is 0 Å². The van der Waals surface area contributed by atoms with Crippen LogP contribution in [0.4, 0.5) is 5.69 Å². The van der Waals surface area contributed by atoms with Crippen LogP contribution in [0.1, 0.15) is 29.6 Å². The third kappa shape index (κ3) is 3.03. The zero-order chi connectivity index (χ0) is 13.2. The lowest BCUT2D eigenvalue weighted by molar-refractivity contribution is 0.0940. The molecular weight excluding hydrogens is 296 g/mol. The Hall–Kier alpha value is -1.07. The van der Waals surface area contributed by atoms with Gasteiger partial charge in [-0.3, -0.25) is 4.79 Å². The lowest BCUT2D eigenvalue weighted by Crippen LogP contribution is -2.31. The molecule has 1 aliphatic carbocycles. The van der Waals surface area contributed by atoms with Gasteiger partial charge in [-0.2, -0.15) is 0 Å². The maximum Gasteiger partial charge on any atom is 0.252 e. The number of nitrogens with two attached hydrogens (primary N) is 1. The molecule has 1 aliphatic rings. The first-order chi connectivity index (χ1) is 8.56. The van der Waals surface area contributed by atoms with Gasteiger partial charge in [0.05, 0.1) is 5.56 Å². The molecule has 1 fully saturated rings. The molecule has 5 heteroatoms. The fraction of sp³-hybridized carbons (Fsp3) is 0.462. The van der Waals surface area contributed by atoms with Crippen molar-refractivity contribution in [3.8, 4) is 0 Å². The van der Waals surface area contributed by atoms with E-state index in [1.807, 2.05) is 0 Å². The summed E-state index contributed by atoms with van der Waals surface area (Å²) in [5.74, 6) is -0.126. The van der Waals surface area contributed by atoms with Gasteiger partial charge in [-0.1, -0.05) is 0 Å². The molecule has 4 N–H and O–H groups in total. The van der Waals surface area contributed by atoms with Crippen molar-refractivity contribution >= 4 is 27.5 Å². The summed E-state index contributed by atoms with van der Waals surface area (Å²) in [6.45, 7) is 0.797. The lowest BCUT2D eigenvalue weighted by Gasteiger charge is -2.15. The number of halogens is 1. The van der Waals surface area contributed by atoms with Crippen LogP contribution in [0.15, 0.2) is 22.7 Å². The maximum atomic E-state index is 12.0. The summed E-state index contributed by atoms with van der Waals surface area (Å²) in [6, 6.07) is 5.17. The monoisotopic (exact) mass is 312 g/mol. The molecule has 0 aromatic heterocycles. The van der Waals surface area contributed by atoms with Crippen LogP contribution in [0, 0.1) is 5.41 Å². The Bertz CT molecular complexity index is 458. The largest absolute Gasteiger partial charge is 0.399 e. The quantitative estimate of drug-likeness (QED) is 0.727. The highest BCUT2D eigenvalue weighted by molar-refractivity contribution is 9.10. The average Bonchev–Trinajstić information content (AvgIpc) is 3.10. The Morgan fingerprint density at radius 3 is 2.83 bits per heavy atom. The van der Waals surface area contributed by atoms with Crippen LogP contribution in [-0.2, 0) is 0 Å².